The van der Waals surface area contributed by atoms with Crippen LogP contribution in [0, 0.1) is 0 Å². The molecule has 0 radical (unpaired) electrons. The first kappa shape index (κ1) is 18.7. The van der Waals surface area contributed by atoms with Crippen molar-refractivity contribution in [1.29, 1.82) is 0 Å². The van der Waals surface area contributed by atoms with Gasteiger partial charge in [0.25, 0.3) is 0 Å². The zero-order chi connectivity index (χ0) is 19.2. The lowest BCUT2D eigenvalue weighted by Crippen LogP contribution is -2.11. The van der Waals surface area contributed by atoms with E-state index in [1.165, 1.54) is 30.5 Å². The molecule has 5 nitrogen and oxygen atoms in total. The number of hydrogen-bond acceptors (Lipinski definition) is 3. The van der Waals surface area contributed by atoms with E-state index in [9.17, 15) is 14.7 Å². The molecule has 1 aliphatic rings. The molecule has 27 heavy (non-hydrogen) atoms. The summed E-state index contributed by atoms with van der Waals surface area (Å²) in [7, 11) is 1.68. The molecule has 0 heterocycles. The molecule has 5 heteroatoms. The highest BCUT2D eigenvalue weighted by molar-refractivity contribution is 6.06. The van der Waals surface area contributed by atoms with Gasteiger partial charge in [0.2, 0.25) is 5.91 Å². The number of carbonyl (C=O) groups is 2. The van der Waals surface area contributed by atoms with Crippen molar-refractivity contribution in [3.05, 3.63) is 65.2 Å². The van der Waals surface area contributed by atoms with Crippen LogP contribution in [0.25, 0.3) is 6.08 Å². The standard InChI is InChI=1S/C22H23NO4/c1-27-20-12-10-15(14-18(20)16-6-2-3-7-16)11-13-21(24)23-19-9-5-4-8-17(19)22(25)26/h4-5,8-14,16H,2-3,6-7H2,1H3,(H,23,24)(H,25,26)/b13-11+. The molecular formula is C22H23NO4. The Morgan fingerprint density at radius 2 is 1.89 bits per heavy atom. The van der Waals surface area contributed by atoms with Gasteiger partial charge in [0, 0.05) is 6.08 Å². The molecule has 0 spiro atoms. The molecule has 0 unspecified atom stereocenters. The van der Waals surface area contributed by atoms with Gasteiger partial charge in [0.05, 0.1) is 18.4 Å². The normalized spacial score (nSPS) is 14.4. The fourth-order valence-corrected chi connectivity index (χ4v) is 3.54. The fraction of sp³-hybridized carbons (Fsp3) is 0.273. The van der Waals surface area contributed by atoms with Gasteiger partial charge in [-0.3, -0.25) is 4.79 Å². The lowest BCUT2D eigenvalue weighted by Gasteiger charge is -2.15. The van der Waals surface area contributed by atoms with Gasteiger partial charge in [-0.15, -0.1) is 0 Å². The van der Waals surface area contributed by atoms with Crippen LogP contribution in [0.3, 0.4) is 0 Å². The predicted octanol–water partition coefficient (Wildman–Crippen LogP) is 4.70. The molecule has 1 amide bonds. The van der Waals surface area contributed by atoms with Crippen molar-refractivity contribution >= 4 is 23.6 Å². The maximum absolute atomic E-state index is 12.2. The highest BCUT2D eigenvalue weighted by Crippen LogP contribution is 2.39. The Balaban J connectivity index is 1.75. The van der Waals surface area contributed by atoms with Gasteiger partial charge >= 0.3 is 5.97 Å². The molecule has 0 aliphatic heterocycles. The van der Waals surface area contributed by atoms with Crippen molar-refractivity contribution in [3.63, 3.8) is 0 Å². The molecule has 3 rings (SSSR count). The minimum atomic E-state index is -1.08. The number of amides is 1. The first-order chi connectivity index (χ1) is 13.1. The van der Waals surface area contributed by atoms with E-state index in [4.69, 9.17) is 4.74 Å². The summed E-state index contributed by atoms with van der Waals surface area (Å²) in [4.78, 5) is 23.4. The monoisotopic (exact) mass is 365 g/mol. The Morgan fingerprint density at radius 3 is 2.59 bits per heavy atom. The third kappa shape index (κ3) is 4.56. The second kappa shape index (κ2) is 8.54. The summed E-state index contributed by atoms with van der Waals surface area (Å²) >= 11 is 0. The number of aromatic carboxylic acids is 1. The number of benzene rings is 2. The summed E-state index contributed by atoms with van der Waals surface area (Å²) < 4.78 is 5.49. The first-order valence-electron chi connectivity index (χ1n) is 9.08. The number of anilines is 1. The third-order valence-corrected chi connectivity index (χ3v) is 4.89. The average Bonchev–Trinajstić information content (AvgIpc) is 3.21. The minimum absolute atomic E-state index is 0.0622. The molecule has 0 aromatic heterocycles. The Bertz CT molecular complexity index is 866. The second-order valence-electron chi connectivity index (χ2n) is 6.66. The van der Waals surface area contributed by atoms with E-state index < -0.39 is 5.97 Å². The summed E-state index contributed by atoms with van der Waals surface area (Å²) in [5.74, 6) is -0.0587. The van der Waals surface area contributed by atoms with Gasteiger partial charge in [-0.2, -0.15) is 0 Å². The number of nitrogens with one attached hydrogen (secondary N) is 1. The number of hydrogen-bond donors (Lipinski definition) is 2. The van der Waals surface area contributed by atoms with Gasteiger partial charge in [0.15, 0.2) is 0 Å². The maximum Gasteiger partial charge on any atom is 0.337 e. The molecule has 0 saturated heterocycles. The van der Waals surface area contributed by atoms with Crippen molar-refractivity contribution in [1.82, 2.24) is 0 Å². The number of ether oxygens (including phenoxy) is 1. The van der Waals surface area contributed by atoms with Crippen LogP contribution in [0.5, 0.6) is 5.75 Å². The third-order valence-electron chi connectivity index (χ3n) is 4.89. The molecule has 0 bridgehead atoms. The number of para-hydroxylation sites is 1. The summed E-state index contributed by atoms with van der Waals surface area (Å²) in [5, 5.41) is 11.8. The van der Waals surface area contributed by atoms with E-state index in [1.54, 1.807) is 31.4 Å². The number of carbonyl (C=O) groups excluding carboxylic acids is 1. The summed E-state index contributed by atoms with van der Waals surface area (Å²) in [6, 6.07) is 12.3. The van der Waals surface area contributed by atoms with Crippen molar-refractivity contribution in [2.24, 2.45) is 0 Å². The molecule has 2 aromatic carbocycles. The maximum atomic E-state index is 12.2. The van der Waals surface area contributed by atoms with Crippen molar-refractivity contribution in [3.8, 4) is 5.75 Å². The molecule has 140 valence electrons. The van der Waals surface area contributed by atoms with E-state index >= 15 is 0 Å². The van der Waals surface area contributed by atoms with E-state index in [0.29, 0.717) is 5.92 Å². The Labute approximate surface area is 158 Å². The smallest absolute Gasteiger partial charge is 0.337 e. The number of carboxylic acid groups (broad SMARTS) is 1. The van der Waals surface area contributed by atoms with Crippen LogP contribution < -0.4 is 10.1 Å². The van der Waals surface area contributed by atoms with Crippen molar-refractivity contribution in [2.75, 3.05) is 12.4 Å². The number of rotatable bonds is 6. The summed E-state index contributed by atoms with van der Waals surface area (Å²) in [6.07, 6.45) is 7.94. The van der Waals surface area contributed by atoms with Crippen LogP contribution in [-0.4, -0.2) is 24.1 Å². The molecule has 0 atom stereocenters. The van der Waals surface area contributed by atoms with E-state index in [-0.39, 0.29) is 17.2 Å². The van der Waals surface area contributed by atoms with Crippen LogP contribution >= 0.6 is 0 Å². The van der Waals surface area contributed by atoms with Crippen LogP contribution in [0.15, 0.2) is 48.5 Å². The van der Waals surface area contributed by atoms with Gasteiger partial charge in [-0.25, -0.2) is 4.79 Å². The SMILES string of the molecule is COc1ccc(/C=C/C(=O)Nc2ccccc2C(=O)O)cc1C1CCCC1. The zero-order valence-corrected chi connectivity index (χ0v) is 15.3. The Kier molecular flexibility index (Phi) is 5.91. The molecular weight excluding hydrogens is 342 g/mol. The van der Waals surface area contributed by atoms with Gasteiger partial charge in [-0.05, 0) is 60.2 Å². The number of methoxy groups -OCH3 is 1. The molecule has 1 aliphatic carbocycles. The van der Waals surface area contributed by atoms with Gasteiger partial charge < -0.3 is 15.2 Å². The Morgan fingerprint density at radius 1 is 1.15 bits per heavy atom. The molecule has 1 fully saturated rings. The quantitative estimate of drug-likeness (QED) is 0.728. The molecule has 1 saturated carbocycles. The Hall–Kier alpha value is -3.08. The topological polar surface area (TPSA) is 75.6 Å². The highest BCUT2D eigenvalue weighted by atomic mass is 16.5. The van der Waals surface area contributed by atoms with Crippen LogP contribution in [0.1, 0.15) is 53.1 Å². The largest absolute Gasteiger partial charge is 0.496 e. The average molecular weight is 365 g/mol. The van der Waals surface area contributed by atoms with Gasteiger partial charge in [-0.1, -0.05) is 31.0 Å². The van der Waals surface area contributed by atoms with Crippen LogP contribution in [0.2, 0.25) is 0 Å². The van der Waals surface area contributed by atoms with Gasteiger partial charge in [0.1, 0.15) is 5.75 Å². The predicted molar refractivity (Wildman–Crippen MR) is 105 cm³/mol. The summed E-state index contributed by atoms with van der Waals surface area (Å²) in [5.41, 5.74) is 2.45. The zero-order valence-electron chi connectivity index (χ0n) is 15.3. The van der Waals surface area contributed by atoms with Crippen molar-refractivity contribution < 1.29 is 19.4 Å². The highest BCUT2D eigenvalue weighted by Gasteiger charge is 2.20. The second-order valence-corrected chi connectivity index (χ2v) is 6.66. The fourth-order valence-electron chi connectivity index (χ4n) is 3.54. The van der Waals surface area contributed by atoms with E-state index in [0.717, 1.165) is 24.2 Å². The van der Waals surface area contributed by atoms with E-state index in [2.05, 4.69) is 11.4 Å². The van der Waals surface area contributed by atoms with Crippen LogP contribution in [-0.2, 0) is 4.79 Å². The molecule has 2 N–H and O–H groups in total. The van der Waals surface area contributed by atoms with Crippen molar-refractivity contribution in [2.45, 2.75) is 31.6 Å². The lowest BCUT2D eigenvalue weighted by molar-refractivity contribution is -0.111. The number of carboxylic acids is 1. The first-order valence-corrected chi connectivity index (χ1v) is 9.08. The van der Waals surface area contributed by atoms with E-state index in [1.807, 2.05) is 12.1 Å². The van der Waals surface area contributed by atoms with Crippen LogP contribution in [0.4, 0.5) is 5.69 Å². The molecule has 2 aromatic rings. The lowest BCUT2D eigenvalue weighted by atomic mass is 9.95. The summed E-state index contributed by atoms with van der Waals surface area (Å²) in [6.45, 7) is 0. The minimum Gasteiger partial charge on any atom is -0.496 e.